The molecule has 1 fully saturated rings. The summed E-state index contributed by atoms with van der Waals surface area (Å²) in [5.41, 5.74) is 0. The van der Waals surface area contributed by atoms with Gasteiger partial charge in [0.05, 0.1) is 0 Å². The van der Waals surface area contributed by atoms with Gasteiger partial charge in [0, 0.05) is 32.2 Å². The van der Waals surface area contributed by atoms with Gasteiger partial charge in [-0.15, -0.1) is 0 Å². The number of rotatable bonds is 9. The molecule has 1 atom stereocenters. The molecule has 1 heterocycles. The summed E-state index contributed by atoms with van der Waals surface area (Å²) in [6.07, 6.45) is 4.15. The minimum absolute atomic E-state index is 0.108. The molecule has 21 heavy (non-hydrogen) atoms. The molecule has 1 aliphatic heterocycles. The van der Waals surface area contributed by atoms with E-state index in [1.54, 1.807) is 8.61 Å². The van der Waals surface area contributed by atoms with Crippen molar-refractivity contribution in [3.63, 3.8) is 0 Å². The van der Waals surface area contributed by atoms with Gasteiger partial charge < -0.3 is 5.32 Å². The zero-order chi connectivity index (χ0) is 15.9. The van der Waals surface area contributed by atoms with Crippen LogP contribution in [0.5, 0.6) is 0 Å². The average molecular weight is 320 g/mol. The lowest BCUT2D eigenvalue weighted by Gasteiger charge is -2.38. The lowest BCUT2D eigenvalue weighted by Crippen LogP contribution is -2.54. The molecule has 0 aromatic rings. The van der Waals surface area contributed by atoms with E-state index in [2.05, 4.69) is 26.1 Å². The van der Waals surface area contributed by atoms with E-state index >= 15 is 0 Å². The Labute approximate surface area is 131 Å². The molecule has 126 valence electrons. The van der Waals surface area contributed by atoms with Crippen LogP contribution in [0.3, 0.4) is 0 Å². The molecule has 1 saturated heterocycles. The Morgan fingerprint density at radius 2 is 2.00 bits per heavy atom. The summed E-state index contributed by atoms with van der Waals surface area (Å²) in [5.74, 6) is 0.348. The molecule has 0 amide bonds. The number of piperidine rings is 1. The van der Waals surface area contributed by atoms with Crippen LogP contribution in [0.25, 0.3) is 0 Å². The highest BCUT2D eigenvalue weighted by Crippen LogP contribution is 2.23. The molecule has 6 heteroatoms. The first-order valence-corrected chi connectivity index (χ1v) is 9.80. The van der Waals surface area contributed by atoms with Gasteiger partial charge >= 0.3 is 0 Å². The standard InChI is InChI=1S/C15H33N3O2S/c1-5-10-16-12-15-9-7-8-11-18(15)21(19,20)17(6-2)13-14(3)4/h14-16H,5-13H2,1-4H3. The third-order valence-electron chi connectivity index (χ3n) is 3.92. The summed E-state index contributed by atoms with van der Waals surface area (Å²) in [7, 11) is -3.33. The zero-order valence-electron chi connectivity index (χ0n) is 14.1. The van der Waals surface area contributed by atoms with Gasteiger partial charge in [0.15, 0.2) is 0 Å². The van der Waals surface area contributed by atoms with E-state index in [1.807, 2.05) is 6.92 Å². The fraction of sp³-hybridized carbons (Fsp3) is 1.00. The number of nitrogens with one attached hydrogen (secondary N) is 1. The van der Waals surface area contributed by atoms with Gasteiger partial charge in [0.2, 0.25) is 0 Å². The van der Waals surface area contributed by atoms with Crippen LogP contribution in [-0.4, -0.2) is 55.8 Å². The second kappa shape index (κ2) is 9.08. The van der Waals surface area contributed by atoms with Crippen molar-refractivity contribution in [2.75, 3.05) is 32.7 Å². The molecule has 0 bridgehead atoms. The van der Waals surface area contributed by atoms with Crippen molar-refractivity contribution in [1.82, 2.24) is 13.9 Å². The first-order valence-electron chi connectivity index (χ1n) is 8.41. The molecule has 0 spiro atoms. The Balaban J connectivity index is 2.80. The second-order valence-electron chi connectivity index (χ2n) is 6.32. The molecular formula is C15H33N3O2S. The van der Waals surface area contributed by atoms with Gasteiger partial charge in [0.1, 0.15) is 0 Å². The van der Waals surface area contributed by atoms with Crippen LogP contribution in [0.2, 0.25) is 0 Å². The minimum atomic E-state index is -3.33. The fourth-order valence-corrected chi connectivity index (χ4v) is 4.90. The maximum Gasteiger partial charge on any atom is 0.282 e. The molecule has 0 aromatic heterocycles. The maximum absolute atomic E-state index is 12.9. The molecule has 0 aliphatic carbocycles. The van der Waals surface area contributed by atoms with Crippen LogP contribution in [0.4, 0.5) is 0 Å². The van der Waals surface area contributed by atoms with E-state index in [0.717, 1.165) is 38.8 Å². The van der Waals surface area contributed by atoms with Gasteiger partial charge in [-0.25, -0.2) is 0 Å². The molecule has 0 aromatic carbocycles. The predicted octanol–water partition coefficient (Wildman–Crippen LogP) is 2.06. The van der Waals surface area contributed by atoms with E-state index in [0.29, 0.717) is 25.6 Å². The summed E-state index contributed by atoms with van der Waals surface area (Å²) in [6, 6.07) is 0.108. The number of hydrogen-bond donors (Lipinski definition) is 1. The highest BCUT2D eigenvalue weighted by Gasteiger charge is 2.35. The summed E-state index contributed by atoms with van der Waals surface area (Å²) >= 11 is 0. The molecule has 0 saturated carbocycles. The first kappa shape index (κ1) is 18.9. The number of nitrogens with zero attached hydrogens (tertiary/aromatic N) is 2. The van der Waals surface area contributed by atoms with Crippen LogP contribution in [0, 0.1) is 5.92 Å². The van der Waals surface area contributed by atoms with E-state index in [1.165, 1.54) is 0 Å². The van der Waals surface area contributed by atoms with E-state index in [-0.39, 0.29) is 6.04 Å². The summed E-state index contributed by atoms with van der Waals surface area (Å²) in [5, 5.41) is 3.38. The highest BCUT2D eigenvalue weighted by molar-refractivity contribution is 7.86. The second-order valence-corrected chi connectivity index (χ2v) is 8.20. The normalized spacial score (nSPS) is 21.3. The Morgan fingerprint density at radius 3 is 2.57 bits per heavy atom. The molecule has 1 N–H and O–H groups in total. The number of hydrogen-bond acceptors (Lipinski definition) is 3. The third kappa shape index (κ3) is 5.51. The van der Waals surface area contributed by atoms with Crippen LogP contribution >= 0.6 is 0 Å². The zero-order valence-corrected chi connectivity index (χ0v) is 15.0. The molecular weight excluding hydrogens is 286 g/mol. The topological polar surface area (TPSA) is 52.7 Å². The van der Waals surface area contributed by atoms with Crippen molar-refractivity contribution >= 4 is 10.2 Å². The third-order valence-corrected chi connectivity index (χ3v) is 6.06. The minimum Gasteiger partial charge on any atom is -0.315 e. The van der Waals surface area contributed by atoms with Crippen molar-refractivity contribution in [2.45, 2.75) is 59.4 Å². The highest BCUT2D eigenvalue weighted by atomic mass is 32.2. The van der Waals surface area contributed by atoms with Crippen molar-refractivity contribution in [3.8, 4) is 0 Å². The lowest BCUT2D eigenvalue weighted by molar-refractivity contribution is 0.223. The first-order chi connectivity index (χ1) is 9.93. The Hall–Kier alpha value is -0.170. The Bertz CT molecular complexity index is 384. The van der Waals surface area contributed by atoms with Gasteiger partial charge in [-0.2, -0.15) is 17.0 Å². The molecule has 1 rings (SSSR count). The van der Waals surface area contributed by atoms with Crippen LogP contribution < -0.4 is 5.32 Å². The van der Waals surface area contributed by atoms with Gasteiger partial charge in [-0.05, 0) is 31.7 Å². The Morgan fingerprint density at radius 1 is 1.29 bits per heavy atom. The van der Waals surface area contributed by atoms with E-state index < -0.39 is 10.2 Å². The fourth-order valence-electron chi connectivity index (χ4n) is 2.87. The molecule has 1 aliphatic rings. The Kier molecular flexibility index (Phi) is 8.16. The van der Waals surface area contributed by atoms with Crippen LogP contribution in [-0.2, 0) is 10.2 Å². The molecule has 5 nitrogen and oxygen atoms in total. The summed E-state index contributed by atoms with van der Waals surface area (Å²) in [6.45, 7) is 11.7. The molecule has 1 unspecified atom stereocenters. The van der Waals surface area contributed by atoms with E-state index in [4.69, 9.17) is 0 Å². The van der Waals surface area contributed by atoms with Crippen LogP contribution in [0.15, 0.2) is 0 Å². The largest absolute Gasteiger partial charge is 0.315 e. The molecule has 0 radical (unpaired) electrons. The maximum atomic E-state index is 12.9. The van der Waals surface area contributed by atoms with Crippen molar-refractivity contribution in [3.05, 3.63) is 0 Å². The lowest BCUT2D eigenvalue weighted by atomic mass is 10.1. The smallest absolute Gasteiger partial charge is 0.282 e. The summed E-state index contributed by atoms with van der Waals surface area (Å²) < 4.78 is 29.2. The monoisotopic (exact) mass is 319 g/mol. The van der Waals surface area contributed by atoms with Crippen molar-refractivity contribution < 1.29 is 8.42 Å². The SMILES string of the molecule is CCCNCC1CCCCN1S(=O)(=O)N(CC)CC(C)C. The predicted molar refractivity (Wildman–Crippen MR) is 88.5 cm³/mol. The quantitative estimate of drug-likeness (QED) is 0.662. The van der Waals surface area contributed by atoms with E-state index in [9.17, 15) is 8.42 Å². The van der Waals surface area contributed by atoms with Gasteiger partial charge in [-0.3, -0.25) is 0 Å². The van der Waals surface area contributed by atoms with Gasteiger partial charge in [-0.1, -0.05) is 34.1 Å². The summed E-state index contributed by atoms with van der Waals surface area (Å²) in [4.78, 5) is 0. The van der Waals surface area contributed by atoms with Crippen LogP contribution in [0.1, 0.15) is 53.4 Å². The van der Waals surface area contributed by atoms with Gasteiger partial charge in [0.25, 0.3) is 10.2 Å². The average Bonchev–Trinajstić information content (AvgIpc) is 2.45. The van der Waals surface area contributed by atoms with Crippen molar-refractivity contribution in [1.29, 1.82) is 0 Å². The van der Waals surface area contributed by atoms with Crippen molar-refractivity contribution in [2.24, 2.45) is 5.92 Å².